The van der Waals surface area contributed by atoms with Gasteiger partial charge in [0.2, 0.25) is 5.88 Å². The zero-order valence-electron chi connectivity index (χ0n) is 17.0. The Balaban J connectivity index is 2.24. The van der Waals surface area contributed by atoms with Crippen molar-refractivity contribution in [3.05, 3.63) is 54.1 Å². The molecular weight excluding hydrogens is 390 g/mol. The number of benzene rings is 2. The second-order valence-corrected chi connectivity index (χ2v) is 8.48. The highest BCUT2D eigenvalue weighted by Crippen LogP contribution is 2.38. The highest BCUT2D eigenvalue weighted by Gasteiger charge is 2.23. The van der Waals surface area contributed by atoms with Crippen LogP contribution in [0.1, 0.15) is 5.56 Å². The van der Waals surface area contributed by atoms with Crippen molar-refractivity contribution in [3.63, 3.8) is 0 Å². The van der Waals surface area contributed by atoms with E-state index in [9.17, 15) is 8.42 Å². The molecule has 7 nitrogen and oxygen atoms in total. The van der Waals surface area contributed by atoms with Crippen molar-refractivity contribution in [2.45, 2.75) is 11.3 Å². The van der Waals surface area contributed by atoms with Crippen molar-refractivity contribution < 1.29 is 17.9 Å². The molecule has 8 heteroatoms. The molecule has 0 amide bonds. The molecule has 1 N–H and O–H groups in total. The molecule has 3 rings (SSSR count). The number of sulfonamides is 1. The standard InChI is InChI=1S/C21H25N3O4S/c1-24(2)14-13-16-19-17(11-8-12-18(19)27-3)22-21(28-4)20(16)23-29(25,26)15-9-6-5-7-10-15/h5-12,23H,13-14H2,1-4H3. The summed E-state index contributed by atoms with van der Waals surface area (Å²) in [5, 5.41) is 0.767. The van der Waals surface area contributed by atoms with Gasteiger partial charge in [0.25, 0.3) is 10.0 Å². The van der Waals surface area contributed by atoms with Gasteiger partial charge in [0.05, 0.1) is 24.6 Å². The molecule has 2 aromatic carbocycles. The maximum absolute atomic E-state index is 13.0. The van der Waals surface area contributed by atoms with Gasteiger partial charge in [-0.25, -0.2) is 13.4 Å². The first-order valence-electron chi connectivity index (χ1n) is 9.13. The second kappa shape index (κ2) is 8.67. The van der Waals surface area contributed by atoms with Gasteiger partial charge in [-0.05, 0) is 50.3 Å². The molecule has 1 heterocycles. The zero-order valence-corrected chi connectivity index (χ0v) is 17.8. The van der Waals surface area contributed by atoms with Crippen molar-refractivity contribution in [2.75, 3.05) is 39.6 Å². The highest BCUT2D eigenvalue weighted by atomic mass is 32.2. The fourth-order valence-electron chi connectivity index (χ4n) is 3.14. The van der Waals surface area contributed by atoms with Crippen LogP contribution in [-0.2, 0) is 16.4 Å². The number of pyridine rings is 1. The highest BCUT2D eigenvalue weighted by molar-refractivity contribution is 7.92. The van der Waals surface area contributed by atoms with Crippen LogP contribution in [0, 0.1) is 0 Å². The number of anilines is 1. The molecule has 29 heavy (non-hydrogen) atoms. The van der Waals surface area contributed by atoms with Crippen LogP contribution in [-0.4, -0.2) is 53.2 Å². The molecule has 0 saturated heterocycles. The SMILES string of the molecule is COc1nc2cccc(OC)c2c(CCN(C)C)c1NS(=O)(=O)c1ccccc1. The van der Waals surface area contributed by atoms with E-state index in [1.165, 1.54) is 7.11 Å². The molecular formula is C21H25N3O4S. The molecule has 1 aromatic heterocycles. The third-order valence-corrected chi connectivity index (χ3v) is 5.92. The Bertz CT molecular complexity index is 1100. The van der Waals surface area contributed by atoms with Crippen molar-refractivity contribution in [3.8, 4) is 11.6 Å². The normalized spacial score (nSPS) is 11.6. The van der Waals surface area contributed by atoms with Crippen molar-refractivity contribution in [1.82, 2.24) is 9.88 Å². The van der Waals surface area contributed by atoms with Crippen LogP contribution in [0.4, 0.5) is 5.69 Å². The topological polar surface area (TPSA) is 80.8 Å². The maximum Gasteiger partial charge on any atom is 0.262 e. The lowest BCUT2D eigenvalue weighted by Crippen LogP contribution is -2.19. The third-order valence-electron chi connectivity index (χ3n) is 4.56. The maximum atomic E-state index is 13.0. The minimum atomic E-state index is -3.82. The van der Waals surface area contributed by atoms with E-state index < -0.39 is 10.0 Å². The summed E-state index contributed by atoms with van der Waals surface area (Å²) >= 11 is 0. The summed E-state index contributed by atoms with van der Waals surface area (Å²) in [4.78, 5) is 6.72. The molecule has 0 unspecified atom stereocenters. The minimum absolute atomic E-state index is 0.167. The molecule has 0 saturated carbocycles. The van der Waals surface area contributed by atoms with E-state index in [1.54, 1.807) is 37.4 Å². The first-order valence-corrected chi connectivity index (χ1v) is 10.6. The quantitative estimate of drug-likeness (QED) is 0.609. The average molecular weight is 416 g/mol. The summed E-state index contributed by atoms with van der Waals surface area (Å²) in [7, 11) is 3.17. The second-order valence-electron chi connectivity index (χ2n) is 6.80. The first kappa shape index (κ1) is 20.9. The monoisotopic (exact) mass is 415 g/mol. The fraction of sp³-hybridized carbons (Fsp3) is 0.286. The van der Waals surface area contributed by atoms with Gasteiger partial charge in [-0.2, -0.15) is 0 Å². The van der Waals surface area contributed by atoms with E-state index in [2.05, 4.69) is 9.71 Å². The molecule has 0 fully saturated rings. The predicted octanol–water partition coefficient (Wildman–Crippen LogP) is 3.16. The Morgan fingerprint density at radius 2 is 1.72 bits per heavy atom. The van der Waals surface area contributed by atoms with Crippen LogP contribution < -0.4 is 14.2 Å². The number of fused-ring (bicyclic) bond motifs is 1. The molecule has 154 valence electrons. The van der Waals surface area contributed by atoms with Gasteiger partial charge in [0, 0.05) is 11.9 Å². The van der Waals surface area contributed by atoms with Gasteiger partial charge in [0.1, 0.15) is 11.4 Å². The molecule has 0 aliphatic rings. The lowest BCUT2D eigenvalue weighted by atomic mass is 10.0. The summed E-state index contributed by atoms with van der Waals surface area (Å²) in [6, 6.07) is 13.8. The van der Waals surface area contributed by atoms with E-state index in [-0.39, 0.29) is 10.8 Å². The summed E-state index contributed by atoms with van der Waals surface area (Å²) in [6.07, 6.45) is 0.579. The van der Waals surface area contributed by atoms with E-state index in [0.29, 0.717) is 29.9 Å². The van der Waals surface area contributed by atoms with Crippen molar-refractivity contribution in [2.24, 2.45) is 0 Å². The van der Waals surface area contributed by atoms with Crippen LogP contribution >= 0.6 is 0 Å². The number of methoxy groups -OCH3 is 2. The van der Waals surface area contributed by atoms with Crippen LogP contribution in [0.5, 0.6) is 11.6 Å². The lowest BCUT2D eigenvalue weighted by molar-refractivity contribution is 0.398. The van der Waals surface area contributed by atoms with Crippen molar-refractivity contribution >= 4 is 26.6 Å². The average Bonchev–Trinajstić information content (AvgIpc) is 2.72. The number of nitrogens with one attached hydrogen (secondary N) is 1. The Morgan fingerprint density at radius 1 is 1.00 bits per heavy atom. The Labute approximate surface area is 171 Å². The molecule has 0 aliphatic heterocycles. The summed E-state index contributed by atoms with van der Waals surface area (Å²) in [5.41, 5.74) is 1.78. The number of hydrogen-bond acceptors (Lipinski definition) is 6. The van der Waals surface area contributed by atoms with Gasteiger partial charge in [0.15, 0.2) is 0 Å². The van der Waals surface area contributed by atoms with E-state index in [4.69, 9.17) is 9.47 Å². The predicted molar refractivity (Wildman–Crippen MR) is 114 cm³/mol. The summed E-state index contributed by atoms with van der Waals surface area (Å²) in [6.45, 7) is 0.709. The van der Waals surface area contributed by atoms with E-state index in [0.717, 1.165) is 10.9 Å². The molecule has 0 spiro atoms. The van der Waals surface area contributed by atoms with Crippen LogP contribution in [0.3, 0.4) is 0 Å². The summed E-state index contributed by atoms with van der Waals surface area (Å²) < 4.78 is 39.7. The molecule has 0 bridgehead atoms. The number of nitrogens with zero attached hydrogens (tertiary/aromatic N) is 2. The van der Waals surface area contributed by atoms with Gasteiger partial charge in [-0.1, -0.05) is 24.3 Å². The first-order chi connectivity index (χ1) is 13.9. The third kappa shape index (κ3) is 4.44. The van der Waals surface area contributed by atoms with Gasteiger partial charge >= 0.3 is 0 Å². The van der Waals surface area contributed by atoms with Gasteiger partial charge < -0.3 is 14.4 Å². The number of rotatable bonds is 8. The van der Waals surface area contributed by atoms with Gasteiger partial charge in [-0.15, -0.1) is 0 Å². The molecule has 0 aliphatic carbocycles. The number of ether oxygens (including phenoxy) is 2. The van der Waals surface area contributed by atoms with Crippen LogP contribution in [0.15, 0.2) is 53.4 Å². The Morgan fingerprint density at radius 3 is 2.34 bits per heavy atom. The van der Waals surface area contributed by atoms with Gasteiger partial charge in [-0.3, -0.25) is 4.72 Å². The summed E-state index contributed by atoms with van der Waals surface area (Å²) in [5.74, 6) is 0.852. The smallest absolute Gasteiger partial charge is 0.262 e. The molecule has 3 aromatic rings. The van der Waals surface area contributed by atoms with E-state index >= 15 is 0 Å². The number of likely N-dealkylation sites (N-methyl/N-ethyl adjacent to an activating group) is 1. The Kier molecular flexibility index (Phi) is 6.24. The van der Waals surface area contributed by atoms with Crippen LogP contribution in [0.25, 0.3) is 10.9 Å². The van der Waals surface area contributed by atoms with Crippen LogP contribution in [0.2, 0.25) is 0 Å². The lowest BCUT2D eigenvalue weighted by Gasteiger charge is -2.20. The van der Waals surface area contributed by atoms with E-state index in [1.807, 2.05) is 37.2 Å². The number of hydrogen-bond donors (Lipinski definition) is 1. The largest absolute Gasteiger partial charge is 0.496 e. The molecule has 0 atom stereocenters. The molecule has 0 radical (unpaired) electrons. The minimum Gasteiger partial charge on any atom is -0.496 e. The Hall–Kier alpha value is -2.84. The number of aromatic nitrogens is 1. The fourth-order valence-corrected chi connectivity index (χ4v) is 4.25. The van der Waals surface area contributed by atoms with Crippen molar-refractivity contribution in [1.29, 1.82) is 0 Å². The zero-order chi connectivity index (χ0) is 21.0.